The summed E-state index contributed by atoms with van der Waals surface area (Å²) in [5, 5.41) is 9.50. The SMILES string of the molecule is COC(=O)CCCCCCCCC(C)(C)O. The molecule has 0 aromatic rings. The standard InChI is InChI=1S/C13H26O3/c1-13(2,15)11-9-7-5-4-6-8-10-12(14)16-3/h15H,4-11H2,1-3H3. The van der Waals surface area contributed by atoms with Gasteiger partial charge in [0.05, 0.1) is 12.7 Å². The average molecular weight is 230 g/mol. The van der Waals surface area contributed by atoms with Crippen molar-refractivity contribution >= 4 is 5.97 Å². The number of carbonyl (C=O) groups excluding carboxylic acids is 1. The number of rotatable bonds is 9. The van der Waals surface area contributed by atoms with Gasteiger partial charge in [-0.2, -0.15) is 0 Å². The van der Waals surface area contributed by atoms with Crippen LogP contribution in [0, 0.1) is 0 Å². The zero-order valence-electron chi connectivity index (χ0n) is 10.9. The quantitative estimate of drug-likeness (QED) is 0.489. The molecule has 3 heteroatoms. The van der Waals surface area contributed by atoms with Crippen molar-refractivity contribution in [3.05, 3.63) is 0 Å². The molecule has 16 heavy (non-hydrogen) atoms. The lowest BCUT2D eigenvalue weighted by atomic mass is 10.00. The molecule has 0 aliphatic rings. The molecule has 0 unspecified atom stereocenters. The minimum atomic E-state index is -0.523. The number of hydrogen-bond donors (Lipinski definition) is 1. The molecule has 0 spiro atoms. The van der Waals surface area contributed by atoms with Gasteiger partial charge in [0.25, 0.3) is 0 Å². The van der Waals surface area contributed by atoms with Crippen molar-refractivity contribution in [1.29, 1.82) is 0 Å². The summed E-state index contributed by atoms with van der Waals surface area (Å²) in [4.78, 5) is 10.8. The predicted molar refractivity (Wildman–Crippen MR) is 65.2 cm³/mol. The number of aliphatic hydroxyl groups is 1. The van der Waals surface area contributed by atoms with E-state index < -0.39 is 5.60 Å². The van der Waals surface area contributed by atoms with Gasteiger partial charge in [-0.15, -0.1) is 0 Å². The van der Waals surface area contributed by atoms with E-state index in [1.54, 1.807) is 0 Å². The highest BCUT2D eigenvalue weighted by Gasteiger charge is 2.10. The van der Waals surface area contributed by atoms with Crippen LogP contribution in [-0.2, 0) is 9.53 Å². The fourth-order valence-electron chi connectivity index (χ4n) is 1.64. The summed E-state index contributed by atoms with van der Waals surface area (Å²) >= 11 is 0. The molecule has 0 amide bonds. The molecule has 0 fully saturated rings. The van der Waals surface area contributed by atoms with Gasteiger partial charge in [-0.25, -0.2) is 0 Å². The van der Waals surface area contributed by atoms with Gasteiger partial charge in [-0.3, -0.25) is 4.79 Å². The minimum absolute atomic E-state index is 0.109. The third-order valence-electron chi connectivity index (χ3n) is 2.65. The van der Waals surface area contributed by atoms with Crippen LogP contribution in [-0.4, -0.2) is 23.8 Å². The zero-order valence-corrected chi connectivity index (χ0v) is 10.9. The first-order valence-corrected chi connectivity index (χ1v) is 6.25. The summed E-state index contributed by atoms with van der Waals surface area (Å²) in [6, 6.07) is 0. The van der Waals surface area contributed by atoms with Gasteiger partial charge in [-0.05, 0) is 26.7 Å². The highest BCUT2D eigenvalue weighted by atomic mass is 16.5. The van der Waals surface area contributed by atoms with E-state index in [1.165, 1.54) is 26.4 Å². The van der Waals surface area contributed by atoms with Gasteiger partial charge in [0, 0.05) is 6.42 Å². The van der Waals surface area contributed by atoms with Crippen molar-refractivity contribution in [2.24, 2.45) is 0 Å². The Balaban J connectivity index is 3.13. The summed E-state index contributed by atoms with van der Waals surface area (Å²) in [6.45, 7) is 3.70. The highest BCUT2D eigenvalue weighted by Crippen LogP contribution is 2.15. The van der Waals surface area contributed by atoms with Gasteiger partial charge >= 0.3 is 5.97 Å². The third kappa shape index (κ3) is 11.5. The average Bonchev–Trinajstić information content (AvgIpc) is 2.20. The minimum Gasteiger partial charge on any atom is -0.469 e. The van der Waals surface area contributed by atoms with E-state index >= 15 is 0 Å². The molecule has 0 radical (unpaired) electrons. The molecule has 0 aliphatic carbocycles. The van der Waals surface area contributed by atoms with Crippen LogP contribution in [0.25, 0.3) is 0 Å². The van der Waals surface area contributed by atoms with Crippen molar-refractivity contribution in [3.8, 4) is 0 Å². The highest BCUT2D eigenvalue weighted by molar-refractivity contribution is 5.68. The van der Waals surface area contributed by atoms with Crippen molar-refractivity contribution in [2.45, 2.75) is 70.8 Å². The van der Waals surface area contributed by atoms with Crippen LogP contribution in [0.4, 0.5) is 0 Å². The van der Waals surface area contributed by atoms with Gasteiger partial charge in [0.15, 0.2) is 0 Å². The maximum Gasteiger partial charge on any atom is 0.305 e. The Morgan fingerprint density at radius 3 is 2.06 bits per heavy atom. The lowest BCUT2D eigenvalue weighted by Crippen LogP contribution is -2.17. The van der Waals surface area contributed by atoms with Gasteiger partial charge in [-0.1, -0.05) is 32.1 Å². The monoisotopic (exact) mass is 230 g/mol. The van der Waals surface area contributed by atoms with E-state index in [0.29, 0.717) is 6.42 Å². The van der Waals surface area contributed by atoms with E-state index in [-0.39, 0.29) is 5.97 Å². The first kappa shape index (κ1) is 15.4. The molecule has 1 N–H and O–H groups in total. The number of unbranched alkanes of at least 4 members (excludes halogenated alkanes) is 5. The lowest BCUT2D eigenvalue weighted by molar-refractivity contribution is -0.140. The Morgan fingerprint density at radius 1 is 1.06 bits per heavy atom. The van der Waals surface area contributed by atoms with Crippen LogP contribution in [0.5, 0.6) is 0 Å². The molecular formula is C13H26O3. The molecule has 0 saturated heterocycles. The second-order valence-corrected chi connectivity index (χ2v) is 5.01. The summed E-state index contributed by atoms with van der Waals surface area (Å²) in [5.74, 6) is -0.109. The summed E-state index contributed by atoms with van der Waals surface area (Å²) in [7, 11) is 1.43. The van der Waals surface area contributed by atoms with Crippen molar-refractivity contribution < 1.29 is 14.6 Å². The van der Waals surface area contributed by atoms with E-state index in [0.717, 1.165) is 25.7 Å². The van der Waals surface area contributed by atoms with E-state index in [1.807, 2.05) is 13.8 Å². The normalized spacial score (nSPS) is 11.5. The first-order valence-electron chi connectivity index (χ1n) is 6.25. The molecule has 0 rings (SSSR count). The van der Waals surface area contributed by atoms with Crippen molar-refractivity contribution in [2.75, 3.05) is 7.11 Å². The summed E-state index contributed by atoms with van der Waals surface area (Å²) in [5.41, 5.74) is -0.523. The second-order valence-electron chi connectivity index (χ2n) is 5.01. The van der Waals surface area contributed by atoms with Gasteiger partial charge in [0.1, 0.15) is 0 Å². The third-order valence-corrected chi connectivity index (χ3v) is 2.65. The zero-order chi connectivity index (χ0) is 12.4. The number of carbonyl (C=O) groups is 1. The first-order chi connectivity index (χ1) is 7.45. The molecule has 0 atom stereocenters. The Morgan fingerprint density at radius 2 is 1.56 bits per heavy atom. The maximum atomic E-state index is 10.8. The van der Waals surface area contributed by atoms with Crippen LogP contribution < -0.4 is 0 Å². The Hall–Kier alpha value is -0.570. The molecule has 0 aromatic heterocycles. The number of methoxy groups -OCH3 is 1. The lowest BCUT2D eigenvalue weighted by Gasteiger charge is -2.16. The maximum absolute atomic E-state index is 10.8. The molecule has 0 heterocycles. The topological polar surface area (TPSA) is 46.5 Å². The largest absolute Gasteiger partial charge is 0.469 e. The summed E-state index contributed by atoms with van der Waals surface area (Å²) < 4.78 is 4.57. The number of esters is 1. The van der Waals surface area contributed by atoms with Crippen molar-refractivity contribution in [1.82, 2.24) is 0 Å². The molecule has 0 aliphatic heterocycles. The van der Waals surface area contributed by atoms with Crippen LogP contribution >= 0.6 is 0 Å². The molecule has 0 bridgehead atoms. The molecule has 0 aromatic carbocycles. The van der Waals surface area contributed by atoms with Crippen LogP contribution in [0.2, 0.25) is 0 Å². The predicted octanol–water partition coefficient (Wildman–Crippen LogP) is 3.05. The molecule has 96 valence electrons. The molecule has 3 nitrogen and oxygen atoms in total. The fraction of sp³-hybridized carbons (Fsp3) is 0.923. The van der Waals surface area contributed by atoms with Crippen LogP contribution in [0.1, 0.15) is 65.2 Å². The number of ether oxygens (including phenoxy) is 1. The Labute approximate surface area is 99.2 Å². The molecular weight excluding hydrogens is 204 g/mol. The Bertz CT molecular complexity index is 182. The van der Waals surface area contributed by atoms with E-state index in [2.05, 4.69) is 4.74 Å². The van der Waals surface area contributed by atoms with Crippen molar-refractivity contribution in [3.63, 3.8) is 0 Å². The second kappa shape index (κ2) is 8.57. The van der Waals surface area contributed by atoms with Gasteiger partial charge in [0.2, 0.25) is 0 Å². The fourth-order valence-corrected chi connectivity index (χ4v) is 1.64. The van der Waals surface area contributed by atoms with Crippen LogP contribution in [0.15, 0.2) is 0 Å². The van der Waals surface area contributed by atoms with E-state index in [4.69, 9.17) is 0 Å². The van der Waals surface area contributed by atoms with E-state index in [9.17, 15) is 9.90 Å². The number of hydrogen-bond acceptors (Lipinski definition) is 3. The molecule has 0 saturated carbocycles. The summed E-state index contributed by atoms with van der Waals surface area (Å²) in [6.07, 6.45) is 8.05. The van der Waals surface area contributed by atoms with Crippen LogP contribution in [0.3, 0.4) is 0 Å². The Kier molecular flexibility index (Phi) is 8.26. The smallest absolute Gasteiger partial charge is 0.305 e. The van der Waals surface area contributed by atoms with Gasteiger partial charge < -0.3 is 9.84 Å².